The Labute approximate surface area is 170 Å². The van der Waals surface area contributed by atoms with Crippen molar-refractivity contribution in [2.45, 2.75) is 43.9 Å². The molecule has 170 valence electrons. The third-order valence-electron chi connectivity index (χ3n) is 4.89. The van der Waals surface area contributed by atoms with Gasteiger partial charge in [0.05, 0.1) is 16.0 Å². The molecule has 1 fully saturated rings. The van der Waals surface area contributed by atoms with Crippen molar-refractivity contribution in [2.75, 3.05) is 26.2 Å². The maximum atomic E-state index is 13.0. The van der Waals surface area contributed by atoms with Crippen molar-refractivity contribution in [1.82, 2.24) is 9.21 Å². The zero-order valence-corrected chi connectivity index (χ0v) is 17.2. The minimum atomic E-state index is -5.15. The fraction of sp³-hybridized carbons (Fsp3) is 0.611. The molecule has 0 spiro atoms. The van der Waals surface area contributed by atoms with E-state index >= 15 is 0 Å². The molecule has 1 amide bonds. The Bertz CT molecular complexity index is 843. The highest BCUT2D eigenvalue weighted by Gasteiger charge is 2.39. The third kappa shape index (κ3) is 5.45. The number of hydrogen-bond acceptors (Lipinski definition) is 3. The highest BCUT2D eigenvalue weighted by molar-refractivity contribution is 7.89. The molecule has 0 bridgehead atoms. The second kappa shape index (κ2) is 8.74. The van der Waals surface area contributed by atoms with Gasteiger partial charge in [0.15, 0.2) is 0 Å². The molecule has 5 nitrogen and oxygen atoms in total. The van der Waals surface area contributed by atoms with Gasteiger partial charge in [-0.15, -0.1) is 0 Å². The molecule has 30 heavy (non-hydrogen) atoms. The summed E-state index contributed by atoms with van der Waals surface area (Å²) < 4.78 is 104. The summed E-state index contributed by atoms with van der Waals surface area (Å²) in [4.78, 5) is 12.7. The van der Waals surface area contributed by atoms with Crippen LogP contribution in [0.4, 0.5) is 26.3 Å². The smallest absolute Gasteiger partial charge is 0.340 e. The predicted octanol–water partition coefficient (Wildman–Crippen LogP) is 3.99. The van der Waals surface area contributed by atoms with Crippen molar-refractivity contribution in [3.05, 3.63) is 29.3 Å². The number of piperazine rings is 1. The van der Waals surface area contributed by atoms with E-state index < -0.39 is 38.4 Å². The number of rotatable bonds is 5. The highest BCUT2D eigenvalue weighted by Crippen LogP contribution is 2.37. The van der Waals surface area contributed by atoms with Crippen molar-refractivity contribution in [3.63, 3.8) is 0 Å². The number of amides is 1. The lowest BCUT2D eigenvalue weighted by Crippen LogP contribution is -2.51. The quantitative estimate of drug-likeness (QED) is 0.625. The molecule has 1 aromatic carbocycles. The van der Waals surface area contributed by atoms with E-state index in [0.717, 1.165) is 10.7 Å². The van der Waals surface area contributed by atoms with E-state index in [9.17, 15) is 39.6 Å². The summed E-state index contributed by atoms with van der Waals surface area (Å²) in [6, 6.07) is 0.279. The van der Waals surface area contributed by atoms with E-state index in [1.54, 1.807) is 6.92 Å². The number of hydrogen-bond donors (Lipinski definition) is 0. The molecule has 1 aliphatic heterocycles. The predicted molar refractivity (Wildman–Crippen MR) is 95.9 cm³/mol. The second-order valence-corrected chi connectivity index (χ2v) is 9.10. The van der Waals surface area contributed by atoms with Crippen LogP contribution in [0.25, 0.3) is 0 Å². The monoisotopic (exact) mass is 460 g/mol. The molecule has 0 radical (unpaired) electrons. The van der Waals surface area contributed by atoms with E-state index in [-0.39, 0.29) is 56.2 Å². The number of halogens is 6. The molecule has 0 N–H and O–H groups in total. The molecule has 1 atom stereocenters. The van der Waals surface area contributed by atoms with E-state index in [0.29, 0.717) is 6.42 Å². The van der Waals surface area contributed by atoms with Gasteiger partial charge in [-0.1, -0.05) is 20.3 Å². The van der Waals surface area contributed by atoms with E-state index in [4.69, 9.17) is 0 Å². The van der Waals surface area contributed by atoms with Crippen LogP contribution < -0.4 is 0 Å². The van der Waals surface area contributed by atoms with Crippen LogP contribution in [-0.4, -0.2) is 49.7 Å². The van der Waals surface area contributed by atoms with Gasteiger partial charge >= 0.3 is 12.4 Å². The number of nitrogens with zero attached hydrogens (tertiary/aromatic N) is 2. The van der Waals surface area contributed by atoms with Crippen LogP contribution in [-0.2, 0) is 27.2 Å². The van der Waals surface area contributed by atoms with Crippen molar-refractivity contribution in [3.8, 4) is 0 Å². The zero-order chi connectivity index (χ0) is 22.9. The Hall–Kier alpha value is -1.82. The molecule has 2 rings (SSSR count). The Balaban J connectivity index is 2.29. The number of carbonyl (C=O) groups excluding carboxylic acids is 1. The van der Waals surface area contributed by atoms with Gasteiger partial charge in [-0.25, -0.2) is 8.42 Å². The molecular formula is C18H22F6N2O3S. The molecule has 1 unspecified atom stereocenters. The SMILES string of the molecule is CCCC(C)C(=O)N1CCN(S(=O)(=O)c2cc(C(F)(F)F)cc(C(F)(F)F)c2)CC1. The second-order valence-electron chi connectivity index (χ2n) is 7.16. The first-order valence-corrected chi connectivity index (χ1v) is 10.7. The summed E-state index contributed by atoms with van der Waals surface area (Å²) in [6.07, 6.45) is -8.85. The first kappa shape index (κ1) is 24.4. The van der Waals surface area contributed by atoms with Crippen LogP contribution in [0.3, 0.4) is 0 Å². The van der Waals surface area contributed by atoms with Gasteiger partial charge < -0.3 is 4.90 Å². The van der Waals surface area contributed by atoms with Crippen molar-refractivity contribution in [1.29, 1.82) is 0 Å². The van der Waals surface area contributed by atoms with Gasteiger partial charge in [0.1, 0.15) is 0 Å². The Kier molecular flexibility index (Phi) is 7.12. The normalized spacial score (nSPS) is 17.8. The lowest BCUT2D eigenvalue weighted by molar-refractivity contribution is -0.143. The van der Waals surface area contributed by atoms with Crippen LogP contribution in [0, 0.1) is 5.92 Å². The fourth-order valence-corrected chi connectivity index (χ4v) is 4.74. The Morgan fingerprint density at radius 3 is 1.83 bits per heavy atom. The summed E-state index contributed by atoms with van der Waals surface area (Å²) in [7, 11) is -4.61. The van der Waals surface area contributed by atoms with Crippen LogP contribution in [0.5, 0.6) is 0 Å². The van der Waals surface area contributed by atoms with E-state index in [2.05, 4.69) is 0 Å². The first-order chi connectivity index (χ1) is 13.7. The van der Waals surface area contributed by atoms with Gasteiger partial charge in [-0.05, 0) is 24.6 Å². The molecule has 1 heterocycles. The van der Waals surface area contributed by atoms with Crippen molar-refractivity contribution < 1.29 is 39.6 Å². The highest BCUT2D eigenvalue weighted by atomic mass is 32.2. The van der Waals surface area contributed by atoms with Crippen molar-refractivity contribution in [2.24, 2.45) is 5.92 Å². The molecule has 12 heteroatoms. The van der Waals surface area contributed by atoms with Gasteiger partial charge in [-0.2, -0.15) is 30.6 Å². The van der Waals surface area contributed by atoms with E-state index in [1.807, 2.05) is 6.92 Å². The Morgan fingerprint density at radius 2 is 1.43 bits per heavy atom. The van der Waals surface area contributed by atoms with Gasteiger partial charge in [0.25, 0.3) is 0 Å². The van der Waals surface area contributed by atoms with Crippen LogP contribution in [0.2, 0.25) is 0 Å². The summed E-state index contributed by atoms with van der Waals surface area (Å²) in [5.41, 5.74) is -3.39. The summed E-state index contributed by atoms with van der Waals surface area (Å²) in [5.74, 6) is -0.414. The molecule has 0 aliphatic carbocycles. The van der Waals surface area contributed by atoms with Crippen LogP contribution in [0.15, 0.2) is 23.1 Å². The fourth-order valence-electron chi connectivity index (χ4n) is 3.24. The largest absolute Gasteiger partial charge is 0.416 e. The average molecular weight is 460 g/mol. The molecule has 1 aliphatic rings. The molecule has 1 aromatic rings. The van der Waals surface area contributed by atoms with E-state index in [1.165, 1.54) is 4.90 Å². The van der Waals surface area contributed by atoms with Gasteiger partial charge in [-0.3, -0.25) is 4.79 Å². The third-order valence-corrected chi connectivity index (χ3v) is 6.77. The lowest BCUT2D eigenvalue weighted by atomic mass is 10.0. The summed E-state index contributed by atoms with van der Waals surface area (Å²) in [5, 5.41) is 0. The topological polar surface area (TPSA) is 57.7 Å². The number of alkyl halides is 6. The standard InChI is InChI=1S/C18H22F6N2O3S/c1-3-4-12(2)16(27)25-5-7-26(8-6-25)30(28,29)15-10-13(17(19,20)21)9-14(11-15)18(22,23)24/h9-12H,3-8H2,1-2H3. The minimum Gasteiger partial charge on any atom is -0.340 e. The van der Waals surface area contributed by atoms with Gasteiger partial charge in [0, 0.05) is 32.1 Å². The molecule has 1 saturated heterocycles. The molecule has 0 saturated carbocycles. The van der Waals surface area contributed by atoms with Gasteiger partial charge in [0.2, 0.25) is 15.9 Å². The minimum absolute atomic E-state index is 0.0111. The number of carbonyl (C=O) groups is 1. The Morgan fingerprint density at radius 1 is 0.967 bits per heavy atom. The summed E-state index contributed by atoms with van der Waals surface area (Å²) >= 11 is 0. The summed E-state index contributed by atoms with van der Waals surface area (Å²) in [6.45, 7) is 3.25. The van der Waals surface area contributed by atoms with Crippen molar-refractivity contribution >= 4 is 15.9 Å². The van der Waals surface area contributed by atoms with Crippen LogP contribution >= 0.6 is 0 Å². The number of benzene rings is 1. The maximum absolute atomic E-state index is 13.0. The number of sulfonamides is 1. The maximum Gasteiger partial charge on any atom is 0.416 e. The zero-order valence-electron chi connectivity index (χ0n) is 16.3. The van der Waals surface area contributed by atoms with Crippen LogP contribution in [0.1, 0.15) is 37.8 Å². The first-order valence-electron chi connectivity index (χ1n) is 9.26. The average Bonchev–Trinajstić information content (AvgIpc) is 2.66. The molecule has 0 aromatic heterocycles. The lowest BCUT2D eigenvalue weighted by Gasteiger charge is -2.35. The molecular weight excluding hydrogens is 438 g/mol.